The Balaban J connectivity index is 0. The van der Waals surface area contributed by atoms with E-state index in [0.717, 1.165) is 11.8 Å². The van der Waals surface area contributed by atoms with E-state index in [0.29, 0.717) is 0 Å². The van der Waals surface area contributed by atoms with Crippen LogP contribution in [0, 0.1) is 11.8 Å². The molecule has 0 aromatic carbocycles. The molecule has 2 heteroatoms. The van der Waals surface area contributed by atoms with Gasteiger partial charge in [0, 0.05) is 0 Å². The van der Waals surface area contributed by atoms with Gasteiger partial charge in [0.2, 0.25) is 0 Å². The molecule has 0 bridgehead atoms. The van der Waals surface area contributed by atoms with Crippen molar-refractivity contribution in [3.63, 3.8) is 0 Å². The minimum Gasteiger partial charge on any atom is -0.344 e. The molecule has 0 aromatic rings. The standard InChI is InChI=1S/C12H22.C2H4.2H3N/c1-3-7-11(8-4-1)12-9-5-2-6-10-12;1-2;;/h11-12H,1-10H2;1-2H2;2*1H3. The van der Waals surface area contributed by atoms with Crippen LogP contribution in [-0.4, -0.2) is 0 Å². The summed E-state index contributed by atoms with van der Waals surface area (Å²) in [4.78, 5) is 0. The summed E-state index contributed by atoms with van der Waals surface area (Å²) in [5.41, 5.74) is 0. The predicted octanol–water partition coefficient (Wildman–Crippen LogP) is 5.27. The minimum absolute atomic E-state index is 0. The summed E-state index contributed by atoms with van der Waals surface area (Å²) in [6.07, 6.45) is 15.4. The van der Waals surface area contributed by atoms with Crippen molar-refractivity contribution in [2.24, 2.45) is 11.8 Å². The van der Waals surface area contributed by atoms with E-state index in [4.69, 9.17) is 0 Å². The average Bonchev–Trinajstić information content (AvgIpc) is 2.34. The normalized spacial score (nSPS) is 22.0. The molecule has 0 heterocycles. The van der Waals surface area contributed by atoms with Gasteiger partial charge in [0.15, 0.2) is 0 Å². The molecule has 6 N–H and O–H groups in total. The molecule has 0 unspecified atom stereocenters. The molecule has 2 aliphatic carbocycles. The fourth-order valence-electron chi connectivity index (χ4n) is 3.21. The maximum Gasteiger partial charge on any atom is -0.0386 e. The fourth-order valence-corrected chi connectivity index (χ4v) is 3.21. The second-order valence-electron chi connectivity index (χ2n) is 4.80. The second kappa shape index (κ2) is 11.2. The molecule has 0 aliphatic heterocycles. The van der Waals surface area contributed by atoms with E-state index in [-0.39, 0.29) is 12.3 Å². The van der Waals surface area contributed by atoms with Gasteiger partial charge in [0.25, 0.3) is 0 Å². The van der Waals surface area contributed by atoms with Crippen LogP contribution in [0.1, 0.15) is 64.2 Å². The molecule has 0 amide bonds. The molecule has 98 valence electrons. The first-order chi connectivity index (χ1) is 6.97. The lowest BCUT2D eigenvalue weighted by atomic mass is 9.73. The minimum atomic E-state index is 0. The summed E-state index contributed by atoms with van der Waals surface area (Å²) in [6.45, 7) is 6.00. The number of hydrogen-bond acceptors (Lipinski definition) is 2. The lowest BCUT2D eigenvalue weighted by Gasteiger charge is -2.32. The summed E-state index contributed by atoms with van der Waals surface area (Å²) >= 11 is 0. The first-order valence-electron chi connectivity index (χ1n) is 6.47. The van der Waals surface area contributed by atoms with E-state index in [1.165, 1.54) is 38.5 Å². The van der Waals surface area contributed by atoms with Crippen molar-refractivity contribution in [1.82, 2.24) is 12.3 Å². The lowest BCUT2D eigenvalue weighted by Crippen LogP contribution is -2.20. The van der Waals surface area contributed by atoms with E-state index in [2.05, 4.69) is 13.2 Å². The molecule has 0 saturated heterocycles. The maximum absolute atomic E-state index is 3.00. The van der Waals surface area contributed by atoms with Crippen molar-refractivity contribution in [2.45, 2.75) is 64.2 Å². The Bertz CT molecular complexity index is 120. The molecular formula is C14H32N2. The molecule has 0 atom stereocenters. The molecule has 0 aromatic heterocycles. The van der Waals surface area contributed by atoms with Crippen molar-refractivity contribution in [1.29, 1.82) is 0 Å². The van der Waals surface area contributed by atoms with E-state index in [1.807, 2.05) is 0 Å². The van der Waals surface area contributed by atoms with E-state index >= 15 is 0 Å². The number of rotatable bonds is 1. The molecule has 2 aliphatic rings. The van der Waals surface area contributed by atoms with E-state index in [1.54, 1.807) is 25.7 Å². The van der Waals surface area contributed by atoms with Gasteiger partial charge in [-0.2, -0.15) is 0 Å². The highest BCUT2D eigenvalue weighted by molar-refractivity contribution is 4.76. The largest absolute Gasteiger partial charge is 0.344 e. The van der Waals surface area contributed by atoms with Gasteiger partial charge in [-0.3, -0.25) is 0 Å². The second-order valence-corrected chi connectivity index (χ2v) is 4.80. The highest BCUT2D eigenvalue weighted by Crippen LogP contribution is 2.37. The van der Waals surface area contributed by atoms with Crippen LogP contribution in [0.3, 0.4) is 0 Å². The molecule has 2 saturated carbocycles. The predicted molar refractivity (Wildman–Crippen MR) is 74.4 cm³/mol. The Morgan fingerprint density at radius 1 is 0.500 bits per heavy atom. The van der Waals surface area contributed by atoms with Gasteiger partial charge in [-0.25, -0.2) is 0 Å². The Hall–Kier alpha value is -0.340. The van der Waals surface area contributed by atoms with Crippen LogP contribution >= 0.6 is 0 Å². The van der Waals surface area contributed by atoms with Crippen molar-refractivity contribution < 1.29 is 0 Å². The Morgan fingerprint density at radius 2 is 0.750 bits per heavy atom. The molecule has 2 rings (SSSR count). The van der Waals surface area contributed by atoms with E-state index in [9.17, 15) is 0 Å². The molecule has 2 nitrogen and oxygen atoms in total. The monoisotopic (exact) mass is 228 g/mol. The molecular weight excluding hydrogens is 196 g/mol. The van der Waals surface area contributed by atoms with Gasteiger partial charge in [-0.1, -0.05) is 64.2 Å². The van der Waals surface area contributed by atoms with Crippen molar-refractivity contribution in [2.75, 3.05) is 0 Å². The highest BCUT2D eigenvalue weighted by Gasteiger charge is 2.24. The Labute approximate surface area is 102 Å². The Morgan fingerprint density at radius 3 is 1.00 bits per heavy atom. The molecule has 2 fully saturated rings. The third-order valence-electron chi connectivity index (χ3n) is 3.97. The first-order valence-corrected chi connectivity index (χ1v) is 6.47. The lowest BCUT2D eigenvalue weighted by molar-refractivity contribution is 0.196. The van der Waals surface area contributed by atoms with Gasteiger partial charge >= 0.3 is 0 Å². The quantitative estimate of drug-likeness (QED) is 0.600. The summed E-state index contributed by atoms with van der Waals surface area (Å²) in [7, 11) is 0. The van der Waals surface area contributed by atoms with Crippen molar-refractivity contribution in [3.8, 4) is 0 Å². The van der Waals surface area contributed by atoms with Gasteiger partial charge < -0.3 is 12.3 Å². The fraction of sp³-hybridized carbons (Fsp3) is 0.857. The summed E-state index contributed by atoms with van der Waals surface area (Å²) in [5, 5.41) is 0. The van der Waals surface area contributed by atoms with Crippen LogP contribution < -0.4 is 12.3 Å². The Kier molecular flexibility index (Phi) is 12.6. The summed E-state index contributed by atoms with van der Waals surface area (Å²) < 4.78 is 0. The zero-order valence-corrected chi connectivity index (χ0v) is 11.1. The first kappa shape index (κ1) is 18.0. The SMILES string of the molecule is C1CCC(C2CCCCC2)CC1.C=C.N.N. The summed E-state index contributed by atoms with van der Waals surface area (Å²) in [5.74, 6) is 2.28. The zero-order chi connectivity index (χ0) is 10.2. The molecule has 0 spiro atoms. The van der Waals surface area contributed by atoms with Crippen LogP contribution in [0.2, 0.25) is 0 Å². The van der Waals surface area contributed by atoms with E-state index < -0.39 is 0 Å². The van der Waals surface area contributed by atoms with Crippen LogP contribution in [0.5, 0.6) is 0 Å². The average molecular weight is 228 g/mol. The van der Waals surface area contributed by atoms with Gasteiger partial charge in [0.1, 0.15) is 0 Å². The van der Waals surface area contributed by atoms with Crippen LogP contribution in [0.4, 0.5) is 0 Å². The molecule has 16 heavy (non-hydrogen) atoms. The third kappa shape index (κ3) is 5.66. The summed E-state index contributed by atoms with van der Waals surface area (Å²) in [6, 6.07) is 0. The van der Waals surface area contributed by atoms with Gasteiger partial charge in [-0.15, -0.1) is 13.2 Å². The van der Waals surface area contributed by atoms with Crippen molar-refractivity contribution >= 4 is 0 Å². The van der Waals surface area contributed by atoms with Gasteiger partial charge in [0.05, 0.1) is 0 Å². The highest BCUT2D eigenvalue weighted by atomic mass is 14.3. The number of hydrogen-bond donors (Lipinski definition) is 2. The molecule has 0 radical (unpaired) electrons. The zero-order valence-electron chi connectivity index (χ0n) is 11.1. The maximum atomic E-state index is 3.00. The third-order valence-corrected chi connectivity index (χ3v) is 3.97. The van der Waals surface area contributed by atoms with Gasteiger partial charge in [-0.05, 0) is 11.8 Å². The van der Waals surface area contributed by atoms with Crippen LogP contribution in [-0.2, 0) is 0 Å². The van der Waals surface area contributed by atoms with Crippen LogP contribution in [0.25, 0.3) is 0 Å². The topological polar surface area (TPSA) is 70.0 Å². The van der Waals surface area contributed by atoms with Crippen LogP contribution in [0.15, 0.2) is 13.2 Å². The van der Waals surface area contributed by atoms with Crippen molar-refractivity contribution in [3.05, 3.63) is 13.2 Å². The smallest absolute Gasteiger partial charge is 0.0386 e.